The van der Waals surface area contributed by atoms with E-state index < -0.39 is 0 Å². The summed E-state index contributed by atoms with van der Waals surface area (Å²) in [5.74, 6) is 1.57. The molecule has 1 N–H and O–H groups in total. The average molecular weight is 417 g/mol. The number of ether oxygens (including phenoxy) is 1. The summed E-state index contributed by atoms with van der Waals surface area (Å²) in [6, 6.07) is 20.9. The standard InChI is InChI=1S/C26H32N4O/c1-2-27-26(29-16-13-24-11-6-10-23-12-7-15-28-25(23)24)30-17-14-22(18-30)20-31-19-21-8-4-3-5-9-21/h3-12,15,22H,2,13-14,16-20H2,1H3,(H,27,29). The van der Waals surface area contributed by atoms with Gasteiger partial charge in [-0.2, -0.15) is 0 Å². The van der Waals surface area contributed by atoms with E-state index in [1.807, 2.05) is 18.3 Å². The lowest BCUT2D eigenvalue weighted by atomic mass is 10.1. The molecule has 4 rings (SSSR count). The monoisotopic (exact) mass is 416 g/mol. The highest BCUT2D eigenvalue weighted by Gasteiger charge is 2.25. The first-order chi connectivity index (χ1) is 15.3. The summed E-state index contributed by atoms with van der Waals surface area (Å²) < 4.78 is 5.98. The minimum Gasteiger partial charge on any atom is -0.376 e. The van der Waals surface area contributed by atoms with Gasteiger partial charge < -0.3 is 15.0 Å². The van der Waals surface area contributed by atoms with Crippen LogP contribution in [-0.2, 0) is 17.8 Å². The largest absolute Gasteiger partial charge is 0.376 e. The van der Waals surface area contributed by atoms with Gasteiger partial charge in [-0.1, -0.05) is 54.6 Å². The zero-order chi connectivity index (χ0) is 21.3. The summed E-state index contributed by atoms with van der Waals surface area (Å²) in [6.07, 6.45) is 3.90. The summed E-state index contributed by atoms with van der Waals surface area (Å²) >= 11 is 0. The first-order valence-electron chi connectivity index (χ1n) is 11.3. The van der Waals surface area contributed by atoms with Crippen LogP contribution in [0.25, 0.3) is 10.9 Å². The van der Waals surface area contributed by atoms with E-state index in [1.54, 1.807) is 0 Å². The Hall–Kier alpha value is -2.92. The van der Waals surface area contributed by atoms with Gasteiger partial charge in [0.1, 0.15) is 0 Å². The molecule has 5 nitrogen and oxygen atoms in total. The molecule has 2 heterocycles. The van der Waals surface area contributed by atoms with E-state index in [0.717, 1.165) is 57.1 Å². The number of guanidine groups is 1. The van der Waals surface area contributed by atoms with E-state index >= 15 is 0 Å². The Bertz CT molecular complexity index is 984. The van der Waals surface area contributed by atoms with Crippen molar-refractivity contribution < 1.29 is 4.74 Å². The van der Waals surface area contributed by atoms with Crippen LogP contribution in [-0.4, -0.2) is 48.6 Å². The van der Waals surface area contributed by atoms with Crippen LogP contribution in [0.15, 0.2) is 71.9 Å². The van der Waals surface area contributed by atoms with Crippen LogP contribution in [0.4, 0.5) is 0 Å². The SMILES string of the molecule is CCNC(=NCCc1cccc2cccnc12)N1CCC(COCc2ccccc2)C1. The van der Waals surface area contributed by atoms with Crippen molar-refractivity contribution in [3.05, 3.63) is 78.0 Å². The highest BCUT2D eigenvalue weighted by Crippen LogP contribution is 2.19. The summed E-state index contributed by atoms with van der Waals surface area (Å²) in [4.78, 5) is 11.9. The highest BCUT2D eigenvalue weighted by molar-refractivity contribution is 5.82. The quantitative estimate of drug-likeness (QED) is 0.440. The van der Waals surface area contributed by atoms with Crippen LogP contribution < -0.4 is 5.32 Å². The van der Waals surface area contributed by atoms with E-state index in [0.29, 0.717) is 12.5 Å². The van der Waals surface area contributed by atoms with Crippen LogP contribution in [0.2, 0.25) is 0 Å². The highest BCUT2D eigenvalue weighted by atomic mass is 16.5. The Morgan fingerprint density at radius 3 is 2.87 bits per heavy atom. The van der Waals surface area contributed by atoms with E-state index in [4.69, 9.17) is 9.73 Å². The molecule has 5 heteroatoms. The molecule has 1 aliphatic rings. The second kappa shape index (κ2) is 10.9. The molecule has 1 fully saturated rings. The second-order valence-electron chi connectivity index (χ2n) is 8.08. The molecule has 3 aromatic rings. The van der Waals surface area contributed by atoms with Gasteiger partial charge >= 0.3 is 0 Å². The predicted octanol–water partition coefficient (Wildman–Crippen LogP) is 4.28. The first kappa shape index (κ1) is 21.3. The molecule has 0 aliphatic carbocycles. The summed E-state index contributed by atoms with van der Waals surface area (Å²) in [5.41, 5.74) is 3.57. The Morgan fingerprint density at radius 2 is 2.00 bits per heavy atom. The Balaban J connectivity index is 1.30. The van der Waals surface area contributed by atoms with Gasteiger partial charge in [0.25, 0.3) is 0 Å². The topological polar surface area (TPSA) is 49.8 Å². The third-order valence-corrected chi connectivity index (χ3v) is 5.74. The molecule has 0 bridgehead atoms. The van der Waals surface area contributed by atoms with Crippen molar-refractivity contribution in [3.63, 3.8) is 0 Å². The maximum atomic E-state index is 5.98. The van der Waals surface area contributed by atoms with Crippen molar-refractivity contribution in [3.8, 4) is 0 Å². The molecule has 0 radical (unpaired) electrons. The molecule has 1 aliphatic heterocycles. The lowest BCUT2D eigenvalue weighted by Gasteiger charge is -2.21. The first-order valence-corrected chi connectivity index (χ1v) is 11.3. The molecule has 1 saturated heterocycles. The number of benzene rings is 2. The summed E-state index contributed by atoms with van der Waals surface area (Å²) in [7, 11) is 0. The molecular formula is C26H32N4O. The molecule has 0 amide bonds. The lowest BCUT2D eigenvalue weighted by molar-refractivity contribution is 0.0907. The summed E-state index contributed by atoms with van der Waals surface area (Å²) in [6.45, 7) is 7.26. The predicted molar refractivity (Wildman–Crippen MR) is 127 cm³/mol. The number of para-hydroxylation sites is 1. The number of aromatic nitrogens is 1. The number of fused-ring (bicyclic) bond motifs is 1. The van der Waals surface area contributed by atoms with Gasteiger partial charge in [-0.3, -0.25) is 9.98 Å². The maximum absolute atomic E-state index is 5.98. The maximum Gasteiger partial charge on any atom is 0.193 e. The van der Waals surface area contributed by atoms with Gasteiger partial charge in [0, 0.05) is 43.7 Å². The van der Waals surface area contributed by atoms with Crippen LogP contribution in [0.3, 0.4) is 0 Å². The number of aliphatic imine (C=N–C) groups is 1. The van der Waals surface area contributed by atoms with Crippen molar-refractivity contribution in [1.82, 2.24) is 15.2 Å². The lowest BCUT2D eigenvalue weighted by Crippen LogP contribution is -2.40. The molecule has 0 spiro atoms. The van der Waals surface area contributed by atoms with E-state index in [-0.39, 0.29) is 0 Å². The van der Waals surface area contributed by atoms with Crippen molar-refractivity contribution in [2.45, 2.75) is 26.4 Å². The van der Waals surface area contributed by atoms with E-state index in [2.05, 4.69) is 70.7 Å². The van der Waals surface area contributed by atoms with Crippen molar-refractivity contribution in [2.75, 3.05) is 32.8 Å². The number of rotatable bonds is 8. The van der Waals surface area contributed by atoms with Crippen LogP contribution in [0.5, 0.6) is 0 Å². The van der Waals surface area contributed by atoms with Crippen LogP contribution in [0, 0.1) is 5.92 Å². The van der Waals surface area contributed by atoms with Crippen molar-refractivity contribution >= 4 is 16.9 Å². The molecule has 2 aromatic carbocycles. The van der Waals surface area contributed by atoms with Crippen molar-refractivity contribution in [1.29, 1.82) is 0 Å². The molecule has 1 aromatic heterocycles. The van der Waals surface area contributed by atoms with Gasteiger partial charge in [0.05, 0.1) is 18.7 Å². The molecule has 1 unspecified atom stereocenters. The number of hydrogen-bond donors (Lipinski definition) is 1. The van der Waals surface area contributed by atoms with Gasteiger partial charge in [-0.15, -0.1) is 0 Å². The molecule has 0 saturated carbocycles. The zero-order valence-electron chi connectivity index (χ0n) is 18.3. The smallest absolute Gasteiger partial charge is 0.193 e. The van der Waals surface area contributed by atoms with Gasteiger partial charge in [0.2, 0.25) is 0 Å². The fourth-order valence-electron chi connectivity index (χ4n) is 4.16. The van der Waals surface area contributed by atoms with Crippen LogP contribution >= 0.6 is 0 Å². The van der Waals surface area contributed by atoms with Gasteiger partial charge in [-0.05, 0) is 37.0 Å². The number of nitrogens with zero attached hydrogens (tertiary/aromatic N) is 3. The fraction of sp³-hybridized carbons (Fsp3) is 0.385. The molecule has 1 atom stereocenters. The number of nitrogens with one attached hydrogen (secondary N) is 1. The molecule has 162 valence electrons. The number of likely N-dealkylation sites (tertiary alicyclic amines) is 1. The number of pyridine rings is 1. The third-order valence-electron chi connectivity index (χ3n) is 5.74. The zero-order valence-corrected chi connectivity index (χ0v) is 18.3. The summed E-state index contributed by atoms with van der Waals surface area (Å²) in [5, 5.41) is 4.66. The minimum atomic E-state index is 0.551. The van der Waals surface area contributed by atoms with Gasteiger partial charge in [0.15, 0.2) is 5.96 Å². The fourth-order valence-corrected chi connectivity index (χ4v) is 4.16. The Kier molecular flexibility index (Phi) is 7.51. The normalized spacial score (nSPS) is 16.7. The van der Waals surface area contributed by atoms with Crippen molar-refractivity contribution in [2.24, 2.45) is 10.9 Å². The van der Waals surface area contributed by atoms with E-state index in [9.17, 15) is 0 Å². The Morgan fingerprint density at radius 1 is 1.13 bits per heavy atom. The second-order valence-corrected chi connectivity index (χ2v) is 8.08. The van der Waals surface area contributed by atoms with Crippen LogP contribution in [0.1, 0.15) is 24.5 Å². The molecule has 31 heavy (non-hydrogen) atoms. The van der Waals surface area contributed by atoms with E-state index in [1.165, 1.54) is 16.5 Å². The number of hydrogen-bond acceptors (Lipinski definition) is 3. The average Bonchev–Trinajstić information content (AvgIpc) is 3.28. The molecular weight excluding hydrogens is 384 g/mol. The Labute approximate surface area is 185 Å². The van der Waals surface area contributed by atoms with Gasteiger partial charge in [-0.25, -0.2) is 0 Å². The third kappa shape index (κ3) is 5.82. The minimum absolute atomic E-state index is 0.551.